The van der Waals surface area contributed by atoms with Gasteiger partial charge in [-0.2, -0.15) is 0 Å². The Bertz CT molecular complexity index is 1610. The summed E-state index contributed by atoms with van der Waals surface area (Å²) in [5.74, 6) is -0.239. The van der Waals surface area contributed by atoms with Gasteiger partial charge in [-0.15, -0.1) is 5.10 Å². The van der Waals surface area contributed by atoms with Crippen molar-refractivity contribution in [2.24, 2.45) is 5.92 Å². The van der Waals surface area contributed by atoms with Gasteiger partial charge in [0.2, 0.25) is 8.41 Å². The third-order valence-corrected chi connectivity index (χ3v) is 11.7. The lowest BCUT2D eigenvalue weighted by Gasteiger charge is -2.31. The van der Waals surface area contributed by atoms with Crippen molar-refractivity contribution < 1.29 is 23.5 Å². The average Bonchev–Trinajstić information content (AvgIpc) is 3.68. The number of carbonyl (C=O) groups excluding carboxylic acids is 1. The number of rotatable bonds is 10. The van der Waals surface area contributed by atoms with E-state index in [1.54, 1.807) is 29.8 Å². The summed E-state index contributed by atoms with van der Waals surface area (Å²) in [5, 5.41) is 18.8. The molecule has 1 amide bonds. The molecule has 230 valence electrons. The number of aromatic nitrogens is 3. The Kier molecular flexibility index (Phi) is 8.17. The van der Waals surface area contributed by atoms with Gasteiger partial charge in [-0.1, -0.05) is 72.8 Å². The molecule has 1 spiro atoms. The fraction of sp³-hybridized carbons (Fsp3) is 0.382. The number of anilines is 1. The van der Waals surface area contributed by atoms with Gasteiger partial charge in [0.15, 0.2) is 5.60 Å². The van der Waals surface area contributed by atoms with Gasteiger partial charge < -0.3 is 23.6 Å². The third kappa shape index (κ3) is 5.25. The van der Waals surface area contributed by atoms with Crippen LogP contribution in [0.3, 0.4) is 0 Å². The van der Waals surface area contributed by atoms with Crippen molar-refractivity contribution in [2.75, 3.05) is 18.6 Å². The van der Waals surface area contributed by atoms with Gasteiger partial charge in [-0.25, -0.2) is 0 Å². The molecule has 8 nitrogen and oxygen atoms in total. The van der Waals surface area contributed by atoms with Gasteiger partial charge in [0.25, 0.3) is 5.91 Å². The number of hydrogen-bond acceptors (Lipinski definition) is 6. The molecule has 1 unspecified atom stereocenters. The van der Waals surface area contributed by atoms with E-state index >= 15 is 4.11 Å². The van der Waals surface area contributed by atoms with Gasteiger partial charge in [0.05, 0.1) is 43.7 Å². The standard InChI is InChI=1S/C34H39FN4O4Si/c1-23-32(44(3,4)35)31(17-18-38-21-29(36-37-38)27(22-40)25-13-9-6-10-14-25)43-34(23)28-19-26(42-2)15-16-30(28)39(33(34)41)20-24-11-7-5-8-12-24/h5-16,19,21,23,27,31-32,40H,17-18,20,22H2,1-4H3/t23-,27?,31+,32-,34+/m1/s1. The van der Waals surface area contributed by atoms with Crippen molar-refractivity contribution in [3.8, 4) is 5.75 Å². The molecule has 0 bridgehead atoms. The van der Waals surface area contributed by atoms with Gasteiger partial charge in [0, 0.05) is 29.8 Å². The summed E-state index contributed by atoms with van der Waals surface area (Å²) >= 11 is 0. The fourth-order valence-electron chi connectivity index (χ4n) is 7.24. The molecule has 44 heavy (non-hydrogen) atoms. The van der Waals surface area contributed by atoms with Crippen LogP contribution in [0.25, 0.3) is 0 Å². The zero-order chi connectivity index (χ0) is 31.1. The van der Waals surface area contributed by atoms with E-state index in [0.29, 0.717) is 31.0 Å². The quantitative estimate of drug-likeness (QED) is 0.179. The number of ether oxygens (including phenoxy) is 2. The Morgan fingerprint density at radius 3 is 2.45 bits per heavy atom. The van der Waals surface area contributed by atoms with Crippen LogP contribution in [0.5, 0.6) is 5.75 Å². The van der Waals surface area contributed by atoms with Crippen molar-refractivity contribution in [3.05, 3.63) is 107 Å². The highest BCUT2D eigenvalue weighted by atomic mass is 28.4. The predicted molar refractivity (Wildman–Crippen MR) is 169 cm³/mol. The number of halogens is 1. The maximum atomic E-state index is 16.2. The summed E-state index contributed by atoms with van der Waals surface area (Å²) in [5.41, 5.74) is 2.35. The summed E-state index contributed by atoms with van der Waals surface area (Å²) in [7, 11) is -1.72. The van der Waals surface area contributed by atoms with Crippen LogP contribution in [0.2, 0.25) is 18.6 Å². The number of carbonyl (C=O) groups is 1. The highest BCUT2D eigenvalue weighted by Crippen LogP contribution is 2.60. The van der Waals surface area contributed by atoms with Crippen molar-refractivity contribution >= 4 is 20.0 Å². The normalized spacial score (nSPS) is 23.7. The molecule has 1 aromatic heterocycles. The first-order valence-corrected chi connectivity index (χ1v) is 18.1. The number of aliphatic hydroxyl groups is 1. The van der Waals surface area contributed by atoms with Crippen LogP contribution < -0.4 is 9.64 Å². The third-order valence-electron chi connectivity index (χ3n) is 9.29. The van der Waals surface area contributed by atoms with Crippen molar-refractivity contribution in [2.45, 2.75) is 62.7 Å². The van der Waals surface area contributed by atoms with Crippen LogP contribution in [0.1, 0.15) is 41.6 Å². The minimum absolute atomic E-state index is 0.0946. The first-order valence-electron chi connectivity index (χ1n) is 15.1. The highest BCUT2D eigenvalue weighted by molar-refractivity contribution is 6.72. The Labute approximate surface area is 258 Å². The van der Waals surface area contributed by atoms with Crippen molar-refractivity contribution in [3.63, 3.8) is 0 Å². The number of fused-ring (bicyclic) bond motifs is 2. The molecular formula is C34H39FN4O4Si. The molecule has 3 aromatic carbocycles. The van der Waals surface area contributed by atoms with E-state index in [2.05, 4.69) is 10.3 Å². The summed E-state index contributed by atoms with van der Waals surface area (Å²) in [6, 6.07) is 25.2. The van der Waals surface area contributed by atoms with Crippen molar-refractivity contribution in [1.82, 2.24) is 15.0 Å². The molecule has 10 heteroatoms. The van der Waals surface area contributed by atoms with Crippen LogP contribution in [0.15, 0.2) is 85.1 Å². The van der Waals surface area contributed by atoms with Gasteiger partial charge >= 0.3 is 0 Å². The number of amides is 1. The number of benzene rings is 3. The van der Waals surface area contributed by atoms with Crippen LogP contribution in [-0.2, 0) is 28.2 Å². The molecule has 4 aromatic rings. The monoisotopic (exact) mass is 614 g/mol. The Balaban J connectivity index is 1.31. The molecule has 0 saturated carbocycles. The van der Waals surface area contributed by atoms with Crippen LogP contribution in [0.4, 0.5) is 9.80 Å². The number of nitrogens with zero attached hydrogens (tertiary/aromatic N) is 4. The molecule has 3 heterocycles. The lowest BCUT2D eigenvalue weighted by molar-refractivity contribution is -0.146. The Morgan fingerprint density at radius 2 is 1.80 bits per heavy atom. The number of methoxy groups -OCH3 is 1. The zero-order valence-corrected chi connectivity index (χ0v) is 26.6. The first-order chi connectivity index (χ1) is 21.2. The number of aryl methyl sites for hydroxylation is 1. The molecule has 0 aliphatic carbocycles. The molecule has 2 aliphatic rings. The molecular weight excluding hydrogens is 575 g/mol. The van der Waals surface area contributed by atoms with E-state index in [9.17, 15) is 9.90 Å². The van der Waals surface area contributed by atoms with Crippen LogP contribution in [-0.4, -0.2) is 54.2 Å². The maximum absolute atomic E-state index is 16.2. The molecule has 6 rings (SSSR count). The van der Waals surface area contributed by atoms with Crippen LogP contribution in [0, 0.1) is 5.92 Å². The number of aliphatic hydroxyl groups excluding tert-OH is 1. The smallest absolute Gasteiger partial charge is 0.264 e. The average molecular weight is 615 g/mol. The first kappa shape index (κ1) is 30.2. The van der Waals surface area contributed by atoms with E-state index in [-0.39, 0.29) is 18.4 Å². The predicted octanol–water partition coefficient (Wildman–Crippen LogP) is 5.82. The lowest BCUT2D eigenvalue weighted by Crippen LogP contribution is -2.45. The zero-order valence-electron chi connectivity index (χ0n) is 25.6. The molecule has 1 N–H and O–H groups in total. The largest absolute Gasteiger partial charge is 0.497 e. The Morgan fingerprint density at radius 1 is 1.09 bits per heavy atom. The van der Waals surface area contributed by atoms with Gasteiger partial charge in [0.1, 0.15) is 5.75 Å². The topological polar surface area (TPSA) is 89.7 Å². The second kappa shape index (κ2) is 11.9. The molecule has 1 saturated heterocycles. The second-order valence-corrected chi connectivity index (χ2v) is 16.2. The number of hydrogen-bond donors (Lipinski definition) is 1. The molecule has 0 radical (unpaired) electrons. The van der Waals surface area contributed by atoms with Gasteiger partial charge in [-0.05, 0) is 48.8 Å². The minimum Gasteiger partial charge on any atom is -0.497 e. The van der Waals surface area contributed by atoms with E-state index in [0.717, 1.165) is 22.4 Å². The van der Waals surface area contributed by atoms with Gasteiger partial charge in [-0.3, -0.25) is 9.48 Å². The van der Waals surface area contributed by atoms with Crippen molar-refractivity contribution in [1.29, 1.82) is 0 Å². The second-order valence-electron chi connectivity index (χ2n) is 12.4. The van der Waals surface area contributed by atoms with Crippen LogP contribution >= 0.6 is 0 Å². The van der Waals surface area contributed by atoms with E-state index in [4.69, 9.17) is 9.47 Å². The maximum Gasteiger partial charge on any atom is 0.264 e. The summed E-state index contributed by atoms with van der Waals surface area (Å²) in [6.07, 6.45) is 1.78. The van der Waals surface area contributed by atoms with E-state index < -0.39 is 31.6 Å². The highest BCUT2D eigenvalue weighted by Gasteiger charge is 2.66. The SMILES string of the molecule is COc1ccc2c(c1)[C@]1(O[C@@H](CCn3cc(C(CO)c4ccccc4)nn3)[C@H]([Si](C)(C)F)[C@H]1C)C(=O)N2Cc1ccccc1. The summed E-state index contributed by atoms with van der Waals surface area (Å²) < 4.78 is 30.4. The lowest BCUT2D eigenvalue weighted by atomic mass is 9.82. The molecule has 2 aliphatic heterocycles. The van der Waals surface area contributed by atoms with E-state index in [1.165, 1.54) is 0 Å². The Hall–Kier alpha value is -3.86. The molecule has 5 atom stereocenters. The van der Waals surface area contributed by atoms with E-state index in [1.807, 2.05) is 92.0 Å². The summed E-state index contributed by atoms with van der Waals surface area (Å²) in [4.78, 5) is 16.3. The summed E-state index contributed by atoms with van der Waals surface area (Å²) in [6.45, 7) is 6.10. The minimum atomic E-state index is -3.32. The molecule has 1 fully saturated rings. The fourth-order valence-corrected chi connectivity index (χ4v) is 9.79.